The topological polar surface area (TPSA) is 33.0 Å². The summed E-state index contributed by atoms with van der Waals surface area (Å²) in [5.41, 5.74) is 3.52. The van der Waals surface area contributed by atoms with Crippen LogP contribution in [0.2, 0.25) is 0 Å². The number of hydrogen-bond acceptors (Lipinski definition) is 2. The highest BCUT2D eigenvalue weighted by Gasteiger charge is 2.39. The van der Waals surface area contributed by atoms with E-state index in [0.717, 1.165) is 17.7 Å². The van der Waals surface area contributed by atoms with Crippen LogP contribution in [0.3, 0.4) is 0 Å². The van der Waals surface area contributed by atoms with Crippen molar-refractivity contribution in [2.45, 2.75) is 18.3 Å². The third kappa shape index (κ3) is 0.979. The number of nitrogens with zero attached hydrogens (tertiary/aromatic N) is 1. The molecule has 2 aliphatic carbocycles. The van der Waals surface area contributed by atoms with Gasteiger partial charge in [0.25, 0.3) is 0 Å². The Morgan fingerprint density at radius 1 is 1.47 bits per heavy atom. The molecule has 2 nitrogen and oxygen atoms in total. The second kappa shape index (κ2) is 2.87. The number of benzene rings is 1. The maximum atomic E-state index is 8.99. The maximum absolute atomic E-state index is 8.99. The van der Waals surface area contributed by atoms with Crippen LogP contribution in [0.1, 0.15) is 29.4 Å². The SMILES string of the molecule is COc1cccc2c1[C@H]1C=C(C#N)[C@H]2C1. The first-order valence-corrected chi connectivity index (χ1v) is 5.13. The molecule has 2 aliphatic rings. The summed E-state index contributed by atoms with van der Waals surface area (Å²) in [6.45, 7) is 0. The van der Waals surface area contributed by atoms with Gasteiger partial charge in [0.05, 0.1) is 13.2 Å². The monoisotopic (exact) mass is 197 g/mol. The molecule has 3 rings (SSSR count). The number of rotatable bonds is 1. The van der Waals surface area contributed by atoms with Crippen LogP contribution in [-0.2, 0) is 0 Å². The number of nitriles is 1. The number of ether oxygens (including phenoxy) is 1. The van der Waals surface area contributed by atoms with Gasteiger partial charge in [-0.25, -0.2) is 0 Å². The van der Waals surface area contributed by atoms with Gasteiger partial charge in [-0.1, -0.05) is 18.2 Å². The van der Waals surface area contributed by atoms with Gasteiger partial charge in [0.15, 0.2) is 0 Å². The zero-order chi connectivity index (χ0) is 10.4. The Labute approximate surface area is 88.8 Å². The Morgan fingerprint density at radius 2 is 2.33 bits per heavy atom. The lowest BCUT2D eigenvalue weighted by Gasteiger charge is -2.15. The van der Waals surface area contributed by atoms with Crippen LogP contribution in [0.4, 0.5) is 0 Å². The molecule has 2 bridgehead atoms. The first kappa shape index (κ1) is 8.55. The van der Waals surface area contributed by atoms with Gasteiger partial charge < -0.3 is 4.74 Å². The molecule has 0 saturated heterocycles. The zero-order valence-electron chi connectivity index (χ0n) is 8.53. The molecule has 1 aromatic carbocycles. The number of allylic oxidation sites excluding steroid dienone is 2. The van der Waals surface area contributed by atoms with E-state index in [1.807, 2.05) is 12.1 Å². The lowest BCUT2D eigenvalue weighted by atomic mass is 9.91. The maximum Gasteiger partial charge on any atom is 0.122 e. The van der Waals surface area contributed by atoms with Crippen molar-refractivity contribution in [3.8, 4) is 11.8 Å². The minimum atomic E-state index is 0.324. The van der Waals surface area contributed by atoms with Crippen molar-refractivity contribution < 1.29 is 4.74 Å². The highest BCUT2D eigenvalue weighted by atomic mass is 16.5. The molecule has 0 amide bonds. The summed E-state index contributed by atoms with van der Waals surface area (Å²) in [4.78, 5) is 0. The van der Waals surface area contributed by atoms with E-state index in [1.54, 1.807) is 7.11 Å². The van der Waals surface area contributed by atoms with Gasteiger partial charge in [0, 0.05) is 23.0 Å². The fourth-order valence-corrected chi connectivity index (χ4v) is 2.83. The molecule has 0 unspecified atom stereocenters. The van der Waals surface area contributed by atoms with Crippen LogP contribution in [0.15, 0.2) is 29.8 Å². The van der Waals surface area contributed by atoms with Gasteiger partial charge in [-0.3, -0.25) is 0 Å². The van der Waals surface area contributed by atoms with Crippen molar-refractivity contribution in [1.29, 1.82) is 5.26 Å². The zero-order valence-corrected chi connectivity index (χ0v) is 8.53. The number of fused-ring (bicyclic) bond motifs is 5. The smallest absolute Gasteiger partial charge is 0.122 e. The number of methoxy groups -OCH3 is 1. The van der Waals surface area contributed by atoms with Crippen LogP contribution in [0.5, 0.6) is 5.75 Å². The van der Waals surface area contributed by atoms with Crippen molar-refractivity contribution in [2.75, 3.05) is 7.11 Å². The predicted molar refractivity (Wildman–Crippen MR) is 56.8 cm³/mol. The molecule has 0 radical (unpaired) electrons. The highest BCUT2D eigenvalue weighted by Crippen LogP contribution is 2.54. The van der Waals surface area contributed by atoms with Crippen LogP contribution in [-0.4, -0.2) is 7.11 Å². The van der Waals surface area contributed by atoms with Crippen LogP contribution in [0, 0.1) is 11.3 Å². The van der Waals surface area contributed by atoms with Crippen LogP contribution >= 0.6 is 0 Å². The number of hydrogen-bond donors (Lipinski definition) is 0. The molecule has 0 aliphatic heterocycles. The summed E-state index contributed by atoms with van der Waals surface area (Å²) in [7, 11) is 1.70. The van der Waals surface area contributed by atoms with Gasteiger partial charge in [0.2, 0.25) is 0 Å². The van der Waals surface area contributed by atoms with Crippen LogP contribution in [0.25, 0.3) is 0 Å². The first-order valence-electron chi connectivity index (χ1n) is 5.13. The Balaban J connectivity index is 2.18. The summed E-state index contributed by atoms with van der Waals surface area (Å²) in [6.07, 6.45) is 3.15. The molecule has 15 heavy (non-hydrogen) atoms. The lowest BCUT2D eigenvalue weighted by Crippen LogP contribution is -2.00. The molecule has 0 N–H and O–H groups in total. The third-order valence-corrected chi connectivity index (χ3v) is 3.44. The predicted octanol–water partition coefficient (Wildman–Crippen LogP) is 2.73. The van der Waals surface area contributed by atoms with E-state index in [0.29, 0.717) is 11.8 Å². The Bertz CT molecular complexity index is 496. The van der Waals surface area contributed by atoms with Crippen molar-refractivity contribution in [3.63, 3.8) is 0 Å². The van der Waals surface area contributed by atoms with E-state index >= 15 is 0 Å². The summed E-state index contributed by atoms with van der Waals surface area (Å²) < 4.78 is 5.37. The van der Waals surface area contributed by atoms with E-state index in [1.165, 1.54) is 11.1 Å². The van der Waals surface area contributed by atoms with Gasteiger partial charge in [0.1, 0.15) is 5.75 Å². The van der Waals surface area contributed by atoms with Crippen LogP contribution < -0.4 is 4.74 Å². The summed E-state index contributed by atoms with van der Waals surface area (Å²) in [5.74, 6) is 1.69. The second-order valence-electron chi connectivity index (χ2n) is 4.09. The molecule has 0 fully saturated rings. The average molecular weight is 197 g/mol. The van der Waals surface area contributed by atoms with E-state index in [4.69, 9.17) is 10.00 Å². The molecule has 74 valence electrons. The summed E-state index contributed by atoms with van der Waals surface area (Å²) >= 11 is 0. The first-order chi connectivity index (χ1) is 7.35. The average Bonchev–Trinajstić information content (AvgIpc) is 2.86. The normalized spacial score (nSPS) is 25.7. The molecule has 1 aromatic rings. The summed E-state index contributed by atoms with van der Waals surface area (Å²) in [6, 6.07) is 8.42. The Kier molecular flexibility index (Phi) is 1.63. The minimum absolute atomic E-state index is 0.324. The molecule has 0 aromatic heterocycles. The molecule has 0 heterocycles. The van der Waals surface area contributed by atoms with Crippen molar-refractivity contribution in [3.05, 3.63) is 41.0 Å². The molecule has 0 saturated carbocycles. The quantitative estimate of drug-likeness (QED) is 0.693. The van der Waals surface area contributed by atoms with E-state index in [-0.39, 0.29) is 0 Å². The van der Waals surface area contributed by atoms with Gasteiger partial charge >= 0.3 is 0 Å². The largest absolute Gasteiger partial charge is 0.496 e. The standard InChI is InChI=1S/C13H11NO/c1-15-12-4-2-3-10-11-6-8(13(10)12)5-9(11)7-14/h2-5,8,11H,6H2,1H3/t8-,11+/m0/s1. The molecule has 0 spiro atoms. The second-order valence-corrected chi connectivity index (χ2v) is 4.09. The molecule has 2 heteroatoms. The van der Waals surface area contributed by atoms with Gasteiger partial charge in [-0.2, -0.15) is 5.26 Å². The summed E-state index contributed by atoms with van der Waals surface area (Å²) in [5, 5.41) is 8.99. The van der Waals surface area contributed by atoms with Crippen molar-refractivity contribution in [1.82, 2.24) is 0 Å². The van der Waals surface area contributed by atoms with E-state index in [2.05, 4.69) is 18.2 Å². The molecular weight excluding hydrogens is 186 g/mol. The van der Waals surface area contributed by atoms with Crippen molar-refractivity contribution >= 4 is 0 Å². The Hall–Kier alpha value is -1.75. The molecular formula is C13H11NO. The lowest BCUT2D eigenvalue weighted by molar-refractivity contribution is 0.409. The molecule has 2 atom stereocenters. The van der Waals surface area contributed by atoms with E-state index in [9.17, 15) is 0 Å². The minimum Gasteiger partial charge on any atom is -0.496 e. The van der Waals surface area contributed by atoms with Crippen molar-refractivity contribution in [2.24, 2.45) is 0 Å². The fourth-order valence-electron chi connectivity index (χ4n) is 2.83. The van der Waals surface area contributed by atoms with Gasteiger partial charge in [-0.15, -0.1) is 0 Å². The third-order valence-electron chi connectivity index (χ3n) is 3.44. The Morgan fingerprint density at radius 3 is 3.07 bits per heavy atom. The van der Waals surface area contributed by atoms with E-state index < -0.39 is 0 Å². The highest BCUT2D eigenvalue weighted by molar-refractivity contribution is 5.59. The van der Waals surface area contributed by atoms with Gasteiger partial charge in [-0.05, 0) is 18.1 Å². The fraction of sp³-hybridized carbons (Fsp3) is 0.308.